The average Bonchev–Trinajstić information content (AvgIpc) is 2.03. The van der Waals surface area contributed by atoms with Crippen LogP contribution in [0.25, 0.3) is 0 Å². The number of carboxylic acid groups (broad SMARTS) is 1. The number of rotatable bonds is 6. The van der Waals surface area contributed by atoms with Crippen LogP contribution in [-0.2, 0) is 4.79 Å². The predicted octanol–water partition coefficient (Wildman–Crippen LogP) is 0.517. The van der Waals surface area contributed by atoms with Crippen LogP contribution in [0, 0.1) is 0 Å². The number of nitrogens with two attached hydrogens (primary N) is 2. The maximum atomic E-state index is 10.6. The molecule has 0 radical (unpaired) electrons. The first-order valence-electron chi connectivity index (χ1n) is 3.91. The van der Waals surface area contributed by atoms with Crippen LogP contribution in [0.1, 0.15) is 13.8 Å². The minimum atomic E-state index is -0.967. The molecule has 13 heavy (non-hydrogen) atoms. The van der Waals surface area contributed by atoms with Crippen molar-refractivity contribution in [3.8, 4) is 0 Å². The maximum absolute atomic E-state index is 10.6. The molecule has 0 bridgehead atoms. The first-order chi connectivity index (χ1) is 5.91. The molecule has 0 aliphatic heterocycles. The minimum absolute atomic E-state index is 0.467. The van der Waals surface area contributed by atoms with Gasteiger partial charge in [0, 0.05) is 17.0 Å². The molecule has 4 nitrogen and oxygen atoms in total. The van der Waals surface area contributed by atoms with E-state index in [4.69, 9.17) is 16.6 Å². The number of carbonyl (C=O) groups is 1. The summed E-state index contributed by atoms with van der Waals surface area (Å²) < 4.78 is -0.467. The normalized spacial score (nSPS) is 14.2. The second-order valence-corrected chi connectivity index (χ2v) is 6.18. The van der Waals surface area contributed by atoms with Gasteiger partial charge in [-0.05, 0) is 13.8 Å². The van der Waals surface area contributed by atoms with E-state index in [1.165, 1.54) is 10.8 Å². The van der Waals surface area contributed by atoms with Crippen LogP contribution >= 0.6 is 21.6 Å². The van der Waals surface area contributed by atoms with Gasteiger partial charge in [0.15, 0.2) is 0 Å². The molecule has 0 amide bonds. The van der Waals surface area contributed by atoms with Gasteiger partial charge in [-0.3, -0.25) is 4.79 Å². The molecule has 1 atom stereocenters. The number of aliphatic carboxylic acids is 1. The molecule has 0 aliphatic carbocycles. The van der Waals surface area contributed by atoms with Gasteiger partial charge in [-0.1, -0.05) is 21.6 Å². The van der Waals surface area contributed by atoms with Gasteiger partial charge >= 0.3 is 5.97 Å². The SMILES string of the molecule is CC(C)(SSCCN)[C@H](N)C(=O)O. The summed E-state index contributed by atoms with van der Waals surface area (Å²) in [7, 11) is 3.02. The van der Waals surface area contributed by atoms with Crippen molar-refractivity contribution in [3.05, 3.63) is 0 Å². The van der Waals surface area contributed by atoms with Gasteiger partial charge in [-0.25, -0.2) is 0 Å². The van der Waals surface area contributed by atoms with Crippen LogP contribution in [-0.4, -0.2) is 34.2 Å². The fraction of sp³-hybridized carbons (Fsp3) is 0.857. The van der Waals surface area contributed by atoms with E-state index < -0.39 is 16.8 Å². The molecular formula is C7H16N2O2S2. The van der Waals surface area contributed by atoms with Crippen LogP contribution in [0.15, 0.2) is 0 Å². The first kappa shape index (κ1) is 13.1. The Morgan fingerprint density at radius 1 is 1.62 bits per heavy atom. The van der Waals surface area contributed by atoms with Crippen molar-refractivity contribution in [2.24, 2.45) is 11.5 Å². The van der Waals surface area contributed by atoms with Gasteiger partial charge in [0.25, 0.3) is 0 Å². The highest BCUT2D eigenvalue weighted by atomic mass is 33.1. The van der Waals surface area contributed by atoms with Crippen LogP contribution in [0.5, 0.6) is 0 Å². The molecule has 0 aromatic carbocycles. The summed E-state index contributed by atoms with van der Waals surface area (Å²) in [5.41, 5.74) is 10.8. The van der Waals surface area contributed by atoms with Crippen molar-refractivity contribution in [1.82, 2.24) is 0 Å². The number of hydrogen-bond donors (Lipinski definition) is 3. The topological polar surface area (TPSA) is 89.3 Å². The van der Waals surface area contributed by atoms with Crippen molar-refractivity contribution in [2.45, 2.75) is 24.6 Å². The highest BCUT2D eigenvalue weighted by Gasteiger charge is 2.32. The van der Waals surface area contributed by atoms with Crippen molar-refractivity contribution < 1.29 is 9.90 Å². The summed E-state index contributed by atoms with van der Waals surface area (Å²) in [5, 5.41) is 8.70. The van der Waals surface area contributed by atoms with Gasteiger partial charge in [-0.15, -0.1) is 0 Å². The molecule has 0 saturated carbocycles. The van der Waals surface area contributed by atoms with Gasteiger partial charge < -0.3 is 16.6 Å². The second-order valence-electron chi connectivity index (χ2n) is 3.11. The Kier molecular flexibility index (Phi) is 5.78. The fourth-order valence-corrected chi connectivity index (χ4v) is 3.04. The van der Waals surface area contributed by atoms with Crippen LogP contribution < -0.4 is 11.5 Å². The number of carboxylic acids is 1. The Morgan fingerprint density at radius 2 is 2.15 bits per heavy atom. The molecule has 5 N–H and O–H groups in total. The second kappa shape index (κ2) is 5.74. The minimum Gasteiger partial charge on any atom is -0.480 e. The van der Waals surface area contributed by atoms with Crippen molar-refractivity contribution in [2.75, 3.05) is 12.3 Å². The van der Waals surface area contributed by atoms with Crippen molar-refractivity contribution >= 4 is 27.6 Å². The molecule has 0 aromatic heterocycles. The van der Waals surface area contributed by atoms with Crippen LogP contribution in [0.4, 0.5) is 0 Å². The standard InChI is InChI=1S/C7H16N2O2S2/c1-7(2,5(9)6(10)11)13-12-4-3-8/h5H,3-4,8-9H2,1-2H3,(H,10,11)/t5-/m1/s1. The van der Waals surface area contributed by atoms with E-state index in [1.54, 1.807) is 10.8 Å². The lowest BCUT2D eigenvalue weighted by Crippen LogP contribution is -2.46. The molecular weight excluding hydrogens is 208 g/mol. The lowest BCUT2D eigenvalue weighted by Gasteiger charge is -2.26. The first-order valence-corrected chi connectivity index (χ1v) is 6.23. The fourth-order valence-electron chi connectivity index (χ4n) is 0.591. The molecule has 0 unspecified atom stereocenters. The molecule has 0 aliphatic rings. The molecule has 0 spiro atoms. The van der Waals surface area contributed by atoms with E-state index in [2.05, 4.69) is 0 Å². The molecule has 6 heteroatoms. The third-order valence-corrected chi connectivity index (χ3v) is 4.84. The molecule has 0 rings (SSSR count). The van der Waals surface area contributed by atoms with Crippen LogP contribution in [0.2, 0.25) is 0 Å². The summed E-state index contributed by atoms with van der Waals surface area (Å²) in [6.07, 6.45) is 0. The third kappa shape index (κ3) is 4.75. The Morgan fingerprint density at radius 3 is 2.54 bits per heavy atom. The predicted molar refractivity (Wildman–Crippen MR) is 58.8 cm³/mol. The molecule has 78 valence electrons. The lowest BCUT2D eigenvalue weighted by atomic mass is 10.1. The van der Waals surface area contributed by atoms with Gasteiger partial charge in [0.05, 0.1) is 0 Å². The summed E-state index contributed by atoms with van der Waals surface area (Å²) >= 11 is 0. The summed E-state index contributed by atoms with van der Waals surface area (Å²) in [6, 6.07) is -0.845. The molecule has 0 saturated heterocycles. The molecule has 0 aromatic rings. The van der Waals surface area contributed by atoms with Crippen molar-refractivity contribution in [1.29, 1.82) is 0 Å². The van der Waals surface area contributed by atoms with Gasteiger partial charge in [-0.2, -0.15) is 0 Å². The smallest absolute Gasteiger partial charge is 0.321 e. The zero-order chi connectivity index (χ0) is 10.5. The summed E-state index contributed by atoms with van der Waals surface area (Å²) in [6.45, 7) is 4.23. The average molecular weight is 224 g/mol. The quantitative estimate of drug-likeness (QED) is 0.450. The highest BCUT2D eigenvalue weighted by molar-refractivity contribution is 8.77. The zero-order valence-corrected chi connectivity index (χ0v) is 9.45. The Labute approximate surface area is 86.2 Å². The summed E-state index contributed by atoms with van der Waals surface area (Å²) in [5.74, 6) is -0.161. The zero-order valence-electron chi connectivity index (χ0n) is 7.82. The monoisotopic (exact) mass is 224 g/mol. The molecule has 0 fully saturated rings. The van der Waals surface area contributed by atoms with Gasteiger partial charge in [0.1, 0.15) is 6.04 Å². The van der Waals surface area contributed by atoms with E-state index in [1.807, 2.05) is 13.8 Å². The number of hydrogen-bond acceptors (Lipinski definition) is 5. The maximum Gasteiger partial charge on any atom is 0.321 e. The van der Waals surface area contributed by atoms with E-state index in [-0.39, 0.29) is 0 Å². The van der Waals surface area contributed by atoms with Gasteiger partial charge in [0.2, 0.25) is 0 Å². The highest BCUT2D eigenvalue weighted by Crippen LogP contribution is 2.37. The van der Waals surface area contributed by atoms with E-state index in [0.717, 1.165) is 5.75 Å². The van der Waals surface area contributed by atoms with E-state index in [0.29, 0.717) is 6.54 Å². The van der Waals surface area contributed by atoms with E-state index >= 15 is 0 Å². The van der Waals surface area contributed by atoms with E-state index in [9.17, 15) is 4.79 Å². The Hall–Kier alpha value is 0.0900. The van der Waals surface area contributed by atoms with Crippen molar-refractivity contribution in [3.63, 3.8) is 0 Å². The van der Waals surface area contributed by atoms with Crippen LogP contribution in [0.3, 0.4) is 0 Å². The Bertz CT molecular complexity index is 176. The molecule has 0 heterocycles. The Balaban J connectivity index is 3.98. The third-order valence-electron chi connectivity index (χ3n) is 1.49. The lowest BCUT2D eigenvalue weighted by molar-refractivity contribution is -0.139. The summed E-state index contributed by atoms with van der Waals surface area (Å²) in [4.78, 5) is 10.6. The largest absolute Gasteiger partial charge is 0.480 e.